The second-order valence-corrected chi connectivity index (χ2v) is 8.01. The molecule has 0 saturated heterocycles. The van der Waals surface area contributed by atoms with Gasteiger partial charge in [0.2, 0.25) is 0 Å². The van der Waals surface area contributed by atoms with E-state index in [0.29, 0.717) is 11.2 Å². The maximum absolute atomic E-state index is 12.3. The van der Waals surface area contributed by atoms with Crippen LogP contribution >= 0.6 is 0 Å². The molecule has 0 aliphatic rings. The first-order chi connectivity index (χ1) is 12.3. The SMILES string of the molecule is C[C@H](c1nc2ccccc2c(=O)[nH]1)N(C)Cc1ccc(C(C)(C)C)cc1. The van der Waals surface area contributed by atoms with Crippen LogP contribution in [0.15, 0.2) is 53.3 Å². The molecule has 3 rings (SSSR count). The number of para-hydroxylation sites is 1. The predicted molar refractivity (Wildman–Crippen MR) is 107 cm³/mol. The van der Waals surface area contributed by atoms with Gasteiger partial charge in [-0.15, -0.1) is 0 Å². The van der Waals surface area contributed by atoms with Crippen molar-refractivity contribution in [3.05, 3.63) is 75.8 Å². The molecule has 2 aromatic carbocycles. The number of fused-ring (bicyclic) bond motifs is 1. The molecule has 1 N–H and O–H groups in total. The van der Waals surface area contributed by atoms with Gasteiger partial charge in [0.1, 0.15) is 5.82 Å². The standard InChI is InChI=1S/C22H27N3O/c1-15(20-23-19-9-7-6-8-18(19)21(26)24-20)25(5)14-16-10-12-17(13-11-16)22(2,3)4/h6-13,15H,14H2,1-5H3,(H,23,24,26)/t15-/m1/s1. The lowest BCUT2D eigenvalue weighted by Gasteiger charge is -2.25. The van der Waals surface area contributed by atoms with Crippen molar-refractivity contribution in [2.24, 2.45) is 0 Å². The zero-order chi connectivity index (χ0) is 18.9. The normalized spacial score (nSPS) is 13.3. The molecule has 4 heteroatoms. The number of aromatic nitrogens is 2. The smallest absolute Gasteiger partial charge is 0.258 e. The van der Waals surface area contributed by atoms with Gasteiger partial charge in [-0.05, 0) is 42.6 Å². The zero-order valence-corrected chi connectivity index (χ0v) is 16.2. The van der Waals surface area contributed by atoms with Gasteiger partial charge in [0.05, 0.1) is 16.9 Å². The highest BCUT2D eigenvalue weighted by Gasteiger charge is 2.17. The quantitative estimate of drug-likeness (QED) is 0.759. The highest BCUT2D eigenvalue weighted by atomic mass is 16.1. The third-order valence-electron chi connectivity index (χ3n) is 4.94. The first kappa shape index (κ1) is 18.3. The molecule has 136 valence electrons. The van der Waals surface area contributed by atoms with Crippen molar-refractivity contribution in [3.63, 3.8) is 0 Å². The van der Waals surface area contributed by atoms with E-state index in [0.717, 1.165) is 12.1 Å². The van der Waals surface area contributed by atoms with Crippen LogP contribution in [0.2, 0.25) is 0 Å². The third-order valence-corrected chi connectivity index (χ3v) is 4.94. The Kier molecular flexibility index (Phi) is 4.97. The molecule has 0 aliphatic heterocycles. The first-order valence-electron chi connectivity index (χ1n) is 9.04. The highest BCUT2D eigenvalue weighted by Crippen LogP contribution is 2.23. The highest BCUT2D eigenvalue weighted by molar-refractivity contribution is 5.77. The van der Waals surface area contributed by atoms with Crippen molar-refractivity contribution >= 4 is 10.9 Å². The number of rotatable bonds is 4. The van der Waals surface area contributed by atoms with Crippen LogP contribution in [0.25, 0.3) is 10.9 Å². The van der Waals surface area contributed by atoms with Crippen molar-refractivity contribution in [1.82, 2.24) is 14.9 Å². The summed E-state index contributed by atoms with van der Waals surface area (Å²) in [5.74, 6) is 0.697. The maximum Gasteiger partial charge on any atom is 0.258 e. The average Bonchev–Trinajstić information content (AvgIpc) is 2.60. The van der Waals surface area contributed by atoms with Crippen molar-refractivity contribution in [1.29, 1.82) is 0 Å². The van der Waals surface area contributed by atoms with Crippen LogP contribution in [0.5, 0.6) is 0 Å². The summed E-state index contributed by atoms with van der Waals surface area (Å²) in [5.41, 5.74) is 3.39. The van der Waals surface area contributed by atoms with E-state index in [9.17, 15) is 4.79 Å². The van der Waals surface area contributed by atoms with Crippen LogP contribution in [0.3, 0.4) is 0 Å². The molecule has 26 heavy (non-hydrogen) atoms. The summed E-state index contributed by atoms with van der Waals surface area (Å²) in [6.45, 7) is 9.52. The van der Waals surface area contributed by atoms with Crippen LogP contribution < -0.4 is 5.56 Å². The van der Waals surface area contributed by atoms with Gasteiger partial charge >= 0.3 is 0 Å². The van der Waals surface area contributed by atoms with E-state index in [4.69, 9.17) is 0 Å². The molecule has 0 amide bonds. The molecule has 1 atom stereocenters. The van der Waals surface area contributed by atoms with Crippen LogP contribution in [0, 0.1) is 0 Å². The Balaban J connectivity index is 1.79. The van der Waals surface area contributed by atoms with Crippen molar-refractivity contribution in [2.75, 3.05) is 7.05 Å². The fourth-order valence-electron chi connectivity index (χ4n) is 3.05. The number of hydrogen-bond donors (Lipinski definition) is 1. The third kappa shape index (κ3) is 3.86. The topological polar surface area (TPSA) is 49.0 Å². The Bertz CT molecular complexity index is 952. The maximum atomic E-state index is 12.3. The van der Waals surface area contributed by atoms with E-state index >= 15 is 0 Å². The summed E-state index contributed by atoms with van der Waals surface area (Å²) in [5, 5.41) is 0.629. The summed E-state index contributed by atoms with van der Waals surface area (Å²) >= 11 is 0. The first-order valence-corrected chi connectivity index (χ1v) is 9.04. The average molecular weight is 349 g/mol. The minimum absolute atomic E-state index is 0.00889. The Hall–Kier alpha value is -2.46. The van der Waals surface area contributed by atoms with Gasteiger partial charge < -0.3 is 4.98 Å². The number of hydrogen-bond acceptors (Lipinski definition) is 3. The van der Waals surface area contributed by atoms with Crippen molar-refractivity contribution < 1.29 is 0 Å². The van der Waals surface area contributed by atoms with Crippen molar-refractivity contribution in [3.8, 4) is 0 Å². The lowest BCUT2D eigenvalue weighted by molar-refractivity contribution is 0.244. The van der Waals surface area contributed by atoms with Gasteiger partial charge in [-0.1, -0.05) is 57.2 Å². The number of H-pyrrole nitrogens is 1. The molecule has 4 nitrogen and oxygen atoms in total. The molecule has 1 aromatic heterocycles. The molecule has 0 bridgehead atoms. The zero-order valence-electron chi connectivity index (χ0n) is 16.2. The fourth-order valence-corrected chi connectivity index (χ4v) is 3.05. The number of nitrogens with one attached hydrogen (secondary N) is 1. The molecular formula is C22H27N3O. The summed E-state index contributed by atoms with van der Waals surface area (Å²) in [6, 6.07) is 16.2. The molecule has 0 aliphatic carbocycles. The summed E-state index contributed by atoms with van der Waals surface area (Å²) in [6.07, 6.45) is 0. The van der Waals surface area contributed by atoms with Crippen LogP contribution in [0.1, 0.15) is 50.7 Å². The van der Waals surface area contributed by atoms with E-state index in [1.54, 1.807) is 6.07 Å². The van der Waals surface area contributed by atoms with Gasteiger partial charge in [-0.25, -0.2) is 4.98 Å². The number of benzene rings is 2. The van der Waals surface area contributed by atoms with Gasteiger partial charge in [0.15, 0.2) is 0 Å². The Morgan fingerprint density at radius 3 is 2.38 bits per heavy atom. The lowest BCUT2D eigenvalue weighted by Crippen LogP contribution is -2.26. The lowest BCUT2D eigenvalue weighted by atomic mass is 9.87. The number of aromatic amines is 1. The van der Waals surface area contributed by atoms with E-state index in [1.165, 1.54) is 11.1 Å². The second kappa shape index (κ2) is 7.04. The van der Waals surface area contributed by atoms with Crippen LogP contribution in [-0.2, 0) is 12.0 Å². The van der Waals surface area contributed by atoms with Gasteiger partial charge in [0.25, 0.3) is 5.56 Å². The molecule has 0 unspecified atom stereocenters. The Morgan fingerprint density at radius 2 is 1.73 bits per heavy atom. The van der Waals surface area contributed by atoms with Gasteiger partial charge in [0, 0.05) is 6.54 Å². The molecular weight excluding hydrogens is 322 g/mol. The minimum Gasteiger partial charge on any atom is -0.309 e. The van der Waals surface area contributed by atoms with Gasteiger partial charge in [-0.2, -0.15) is 0 Å². The van der Waals surface area contributed by atoms with Crippen molar-refractivity contribution in [2.45, 2.75) is 45.7 Å². The molecule has 0 saturated carbocycles. The monoisotopic (exact) mass is 349 g/mol. The minimum atomic E-state index is -0.0830. The number of nitrogens with zero attached hydrogens (tertiary/aromatic N) is 2. The van der Waals surface area contributed by atoms with Crippen LogP contribution in [-0.4, -0.2) is 21.9 Å². The Labute approximate surface area is 154 Å². The van der Waals surface area contributed by atoms with E-state index < -0.39 is 0 Å². The van der Waals surface area contributed by atoms with Crippen LogP contribution in [0.4, 0.5) is 0 Å². The van der Waals surface area contributed by atoms with Gasteiger partial charge in [-0.3, -0.25) is 9.69 Å². The molecule has 3 aromatic rings. The predicted octanol–water partition coefficient (Wildman–Crippen LogP) is 4.41. The molecule has 0 spiro atoms. The molecule has 0 radical (unpaired) electrons. The largest absolute Gasteiger partial charge is 0.309 e. The second-order valence-electron chi connectivity index (χ2n) is 8.01. The molecule has 1 heterocycles. The van der Waals surface area contributed by atoms with E-state index in [-0.39, 0.29) is 17.0 Å². The Morgan fingerprint density at radius 1 is 1.08 bits per heavy atom. The fraction of sp³-hybridized carbons (Fsp3) is 0.364. The molecule has 0 fully saturated rings. The van der Waals surface area contributed by atoms with E-state index in [1.807, 2.05) is 18.2 Å². The summed E-state index contributed by atoms with van der Waals surface area (Å²) < 4.78 is 0. The van der Waals surface area contributed by atoms with E-state index in [2.05, 4.69) is 73.9 Å². The summed E-state index contributed by atoms with van der Waals surface area (Å²) in [4.78, 5) is 22.1. The summed E-state index contributed by atoms with van der Waals surface area (Å²) in [7, 11) is 2.05.